The fourth-order valence-corrected chi connectivity index (χ4v) is 3.97. The van der Waals surface area contributed by atoms with Crippen molar-refractivity contribution in [2.75, 3.05) is 51.6 Å². The number of likely N-dealkylation sites (N-methyl/N-ethyl adjacent to an activating group) is 1. The van der Waals surface area contributed by atoms with Crippen molar-refractivity contribution in [2.24, 2.45) is 0 Å². The number of thiazole rings is 1. The molecule has 0 aliphatic heterocycles. The van der Waals surface area contributed by atoms with Crippen LogP contribution < -0.4 is 24.8 Å². The SMILES string of the molecule is CCN(CC(=O)Nc1nc(-c2ccc(OC)cc2OC)cs1)CC(=O)Nc1ccccc1OC. The minimum atomic E-state index is -0.255. The molecule has 9 nitrogen and oxygen atoms in total. The lowest BCUT2D eigenvalue weighted by molar-refractivity contribution is -0.119. The van der Waals surface area contributed by atoms with Crippen molar-refractivity contribution in [1.29, 1.82) is 0 Å². The molecule has 0 atom stereocenters. The molecule has 0 unspecified atom stereocenters. The third kappa shape index (κ3) is 6.46. The summed E-state index contributed by atoms with van der Waals surface area (Å²) in [6, 6.07) is 12.6. The number of hydrogen-bond acceptors (Lipinski definition) is 8. The van der Waals surface area contributed by atoms with Gasteiger partial charge in [0.2, 0.25) is 11.8 Å². The third-order valence-electron chi connectivity index (χ3n) is 5.00. The Kier molecular flexibility index (Phi) is 8.83. The molecule has 0 bridgehead atoms. The molecule has 3 aromatic rings. The minimum Gasteiger partial charge on any atom is -0.497 e. The zero-order valence-electron chi connectivity index (χ0n) is 19.6. The monoisotopic (exact) mass is 484 g/mol. The van der Waals surface area contributed by atoms with Crippen LogP contribution in [0.2, 0.25) is 0 Å². The summed E-state index contributed by atoms with van der Waals surface area (Å²) >= 11 is 1.31. The summed E-state index contributed by atoms with van der Waals surface area (Å²) < 4.78 is 15.9. The zero-order chi connectivity index (χ0) is 24.5. The first-order chi connectivity index (χ1) is 16.5. The van der Waals surface area contributed by atoms with Crippen molar-refractivity contribution in [3.8, 4) is 28.5 Å². The van der Waals surface area contributed by atoms with Gasteiger partial charge in [-0.15, -0.1) is 11.3 Å². The van der Waals surface area contributed by atoms with Crippen molar-refractivity contribution < 1.29 is 23.8 Å². The van der Waals surface area contributed by atoms with E-state index in [4.69, 9.17) is 14.2 Å². The van der Waals surface area contributed by atoms with E-state index < -0.39 is 0 Å². The van der Waals surface area contributed by atoms with E-state index in [1.165, 1.54) is 11.3 Å². The van der Waals surface area contributed by atoms with Crippen LogP contribution in [0.15, 0.2) is 47.8 Å². The van der Waals surface area contributed by atoms with Crippen molar-refractivity contribution in [1.82, 2.24) is 9.88 Å². The van der Waals surface area contributed by atoms with E-state index in [2.05, 4.69) is 15.6 Å². The van der Waals surface area contributed by atoms with Gasteiger partial charge < -0.3 is 24.8 Å². The molecule has 1 aromatic heterocycles. The maximum Gasteiger partial charge on any atom is 0.240 e. The molecule has 0 radical (unpaired) electrons. The normalized spacial score (nSPS) is 10.6. The number of benzene rings is 2. The molecule has 10 heteroatoms. The molecule has 2 amide bonds. The minimum absolute atomic E-state index is 0.0522. The molecule has 3 rings (SSSR count). The maximum atomic E-state index is 12.6. The van der Waals surface area contributed by atoms with Crippen LogP contribution in [0.1, 0.15) is 6.92 Å². The number of rotatable bonds is 11. The van der Waals surface area contributed by atoms with Gasteiger partial charge in [0, 0.05) is 17.0 Å². The van der Waals surface area contributed by atoms with Crippen molar-refractivity contribution in [3.63, 3.8) is 0 Å². The highest BCUT2D eigenvalue weighted by Crippen LogP contribution is 2.34. The van der Waals surface area contributed by atoms with Crippen LogP contribution in [0.3, 0.4) is 0 Å². The highest BCUT2D eigenvalue weighted by molar-refractivity contribution is 7.14. The molecule has 180 valence electrons. The lowest BCUT2D eigenvalue weighted by Crippen LogP contribution is -2.38. The van der Waals surface area contributed by atoms with Gasteiger partial charge in [-0.05, 0) is 30.8 Å². The number of carbonyl (C=O) groups excluding carboxylic acids is 2. The van der Waals surface area contributed by atoms with Gasteiger partial charge in [0.05, 0.1) is 45.8 Å². The van der Waals surface area contributed by atoms with Gasteiger partial charge in [0.15, 0.2) is 5.13 Å². The molecule has 1 heterocycles. The number of nitrogens with zero attached hydrogens (tertiary/aromatic N) is 2. The summed E-state index contributed by atoms with van der Waals surface area (Å²) in [5.74, 6) is 1.39. The summed E-state index contributed by atoms with van der Waals surface area (Å²) in [6.45, 7) is 2.53. The van der Waals surface area contributed by atoms with E-state index in [9.17, 15) is 9.59 Å². The zero-order valence-corrected chi connectivity index (χ0v) is 20.4. The highest BCUT2D eigenvalue weighted by atomic mass is 32.1. The predicted molar refractivity (Wildman–Crippen MR) is 133 cm³/mol. The number of amides is 2. The number of hydrogen-bond donors (Lipinski definition) is 2. The molecule has 2 aromatic carbocycles. The first kappa shape index (κ1) is 25.0. The summed E-state index contributed by atoms with van der Waals surface area (Å²) in [4.78, 5) is 31.3. The van der Waals surface area contributed by atoms with Crippen molar-refractivity contribution in [2.45, 2.75) is 6.92 Å². The van der Waals surface area contributed by atoms with Gasteiger partial charge >= 0.3 is 0 Å². The number of para-hydroxylation sites is 2. The van der Waals surface area contributed by atoms with Crippen LogP contribution in [0.25, 0.3) is 11.3 Å². The highest BCUT2D eigenvalue weighted by Gasteiger charge is 2.17. The van der Waals surface area contributed by atoms with Crippen LogP contribution in [0.4, 0.5) is 10.8 Å². The van der Waals surface area contributed by atoms with Gasteiger partial charge in [-0.1, -0.05) is 19.1 Å². The van der Waals surface area contributed by atoms with Gasteiger partial charge in [0.1, 0.15) is 17.2 Å². The first-order valence-electron chi connectivity index (χ1n) is 10.6. The van der Waals surface area contributed by atoms with Crippen LogP contribution in [0, 0.1) is 0 Å². The quantitative estimate of drug-likeness (QED) is 0.428. The largest absolute Gasteiger partial charge is 0.497 e. The van der Waals surface area contributed by atoms with Crippen LogP contribution in [-0.4, -0.2) is 62.7 Å². The molecule has 0 aliphatic rings. The fourth-order valence-electron chi connectivity index (χ4n) is 3.25. The maximum absolute atomic E-state index is 12.6. The van der Waals surface area contributed by atoms with Crippen molar-refractivity contribution >= 4 is 34.0 Å². The molecule has 34 heavy (non-hydrogen) atoms. The average Bonchev–Trinajstić information content (AvgIpc) is 3.31. The second-order valence-electron chi connectivity index (χ2n) is 7.20. The lowest BCUT2D eigenvalue weighted by Gasteiger charge is -2.19. The Bertz CT molecular complexity index is 1130. The van der Waals surface area contributed by atoms with Gasteiger partial charge in [-0.2, -0.15) is 0 Å². The summed E-state index contributed by atoms with van der Waals surface area (Å²) in [6.07, 6.45) is 0. The topological polar surface area (TPSA) is 102 Å². The number of carbonyl (C=O) groups is 2. The van der Waals surface area contributed by atoms with E-state index in [1.807, 2.05) is 36.6 Å². The lowest BCUT2D eigenvalue weighted by atomic mass is 10.1. The number of anilines is 2. The second kappa shape index (κ2) is 12.0. The van der Waals surface area contributed by atoms with E-state index >= 15 is 0 Å². The van der Waals surface area contributed by atoms with E-state index in [0.717, 1.165) is 5.56 Å². The van der Waals surface area contributed by atoms with Crippen LogP contribution in [-0.2, 0) is 9.59 Å². The van der Waals surface area contributed by atoms with E-state index in [0.29, 0.717) is 40.3 Å². The number of aromatic nitrogens is 1. The number of methoxy groups -OCH3 is 3. The fraction of sp³-hybridized carbons (Fsp3) is 0.292. The average molecular weight is 485 g/mol. The van der Waals surface area contributed by atoms with Gasteiger partial charge in [0.25, 0.3) is 0 Å². The molecule has 0 fully saturated rings. The smallest absolute Gasteiger partial charge is 0.240 e. The standard InChI is InChI=1S/C24H28N4O5S/c1-5-28(13-22(29)25-18-8-6-7-9-20(18)32-3)14-23(30)27-24-26-19(15-34-24)17-11-10-16(31-2)12-21(17)33-4/h6-12,15H,5,13-14H2,1-4H3,(H,25,29)(H,26,27,30). The molecule has 0 saturated carbocycles. The molecule has 0 saturated heterocycles. The summed E-state index contributed by atoms with van der Waals surface area (Å²) in [5.41, 5.74) is 2.06. The Labute approximate surface area is 202 Å². The molecule has 0 spiro atoms. The Morgan fingerprint density at radius 3 is 2.32 bits per heavy atom. The summed E-state index contributed by atoms with van der Waals surface area (Å²) in [5, 5.41) is 7.94. The van der Waals surface area contributed by atoms with E-state index in [1.54, 1.807) is 44.4 Å². The number of ether oxygens (including phenoxy) is 3. The van der Waals surface area contributed by atoms with Gasteiger partial charge in [-0.3, -0.25) is 14.5 Å². The first-order valence-corrected chi connectivity index (χ1v) is 11.5. The number of nitrogens with one attached hydrogen (secondary N) is 2. The van der Waals surface area contributed by atoms with Crippen molar-refractivity contribution in [3.05, 3.63) is 47.8 Å². The molecular weight excluding hydrogens is 456 g/mol. The van der Waals surface area contributed by atoms with Crippen LogP contribution >= 0.6 is 11.3 Å². The van der Waals surface area contributed by atoms with Gasteiger partial charge in [-0.25, -0.2) is 4.98 Å². The molecular formula is C24H28N4O5S. The van der Waals surface area contributed by atoms with E-state index in [-0.39, 0.29) is 24.9 Å². The predicted octanol–water partition coefficient (Wildman–Crippen LogP) is 3.74. The van der Waals surface area contributed by atoms with Crippen LogP contribution in [0.5, 0.6) is 17.2 Å². The molecule has 0 aliphatic carbocycles. The molecule has 2 N–H and O–H groups in total. The Balaban J connectivity index is 1.58. The Morgan fingerprint density at radius 2 is 1.65 bits per heavy atom. The second-order valence-corrected chi connectivity index (χ2v) is 8.06. The third-order valence-corrected chi connectivity index (χ3v) is 5.76. The Morgan fingerprint density at radius 1 is 0.941 bits per heavy atom. The summed E-state index contributed by atoms with van der Waals surface area (Å²) in [7, 11) is 4.71. The Hall–Kier alpha value is -3.63.